The molecule has 11 heavy (non-hydrogen) atoms. The SMILES string of the molecule is C=CC(C)(C)CC(C)CC=O. The average molecular weight is 154 g/mol. The van der Waals surface area contributed by atoms with E-state index in [1.807, 2.05) is 6.08 Å². The van der Waals surface area contributed by atoms with Crippen LogP contribution in [0.1, 0.15) is 33.6 Å². The highest BCUT2D eigenvalue weighted by Crippen LogP contribution is 2.27. The van der Waals surface area contributed by atoms with E-state index in [2.05, 4.69) is 27.4 Å². The smallest absolute Gasteiger partial charge is 0.120 e. The summed E-state index contributed by atoms with van der Waals surface area (Å²) in [6, 6.07) is 0. The first kappa shape index (κ1) is 10.4. The lowest BCUT2D eigenvalue weighted by molar-refractivity contribution is -0.108. The summed E-state index contributed by atoms with van der Waals surface area (Å²) in [6.45, 7) is 10.1. The Bertz CT molecular complexity index is 136. The third-order valence-electron chi connectivity index (χ3n) is 1.93. The van der Waals surface area contributed by atoms with Crippen LogP contribution in [-0.4, -0.2) is 6.29 Å². The first-order chi connectivity index (χ1) is 5.02. The van der Waals surface area contributed by atoms with Crippen LogP contribution < -0.4 is 0 Å². The van der Waals surface area contributed by atoms with Gasteiger partial charge in [-0.2, -0.15) is 0 Å². The van der Waals surface area contributed by atoms with Crippen molar-refractivity contribution >= 4 is 6.29 Å². The molecule has 0 rings (SSSR count). The van der Waals surface area contributed by atoms with Gasteiger partial charge in [0.25, 0.3) is 0 Å². The molecule has 0 bridgehead atoms. The molecular formula is C10H18O. The molecule has 0 aromatic heterocycles. The zero-order valence-corrected chi connectivity index (χ0v) is 7.76. The van der Waals surface area contributed by atoms with Gasteiger partial charge in [-0.1, -0.05) is 26.8 Å². The number of carbonyl (C=O) groups is 1. The number of aldehydes is 1. The second-order valence-electron chi connectivity index (χ2n) is 3.90. The van der Waals surface area contributed by atoms with Crippen molar-refractivity contribution in [3.63, 3.8) is 0 Å². The molecule has 1 heteroatoms. The van der Waals surface area contributed by atoms with E-state index in [1.54, 1.807) is 0 Å². The van der Waals surface area contributed by atoms with Gasteiger partial charge in [0, 0.05) is 6.42 Å². The molecule has 0 spiro atoms. The van der Waals surface area contributed by atoms with Gasteiger partial charge in [-0.15, -0.1) is 6.58 Å². The Labute approximate surface area is 69.5 Å². The van der Waals surface area contributed by atoms with Gasteiger partial charge in [0.15, 0.2) is 0 Å². The Hall–Kier alpha value is -0.590. The second kappa shape index (κ2) is 4.32. The monoisotopic (exact) mass is 154 g/mol. The summed E-state index contributed by atoms with van der Waals surface area (Å²) in [6.07, 6.45) is 4.64. The van der Waals surface area contributed by atoms with Crippen LogP contribution in [0.3, 0.4) is 0 Å². The van der Waals surface area contributed by atoms with Gasteiger partial charge in [-0.25, -0.2) is 0 Å². The van der Waals surface area contributed by atoms with Crippen LogP contribution in [0.2, 0.25) is 0 Å². The predicted molar refractivity (Wildman–Crippen MR) is 48.4 cm³/mol. The third-order valence-corrected chi connectivity index (χ3v) is 1.93. The zero-order valence-electron chi connectivity index (χ0n) is 7.76. The highest BCUT2D eigenvalue weighted by Gasteiger charge is 2.16. The summed E-state index contributed by atoms with van der Waals surface area (Å²) in [5, 5.41) is 0. The van der Waals surface area contributed by atoms with Gasteiger partial charge in [0.05, 0.1) is 0 Å². The second-order valence-corrected chi connectivity index (χ2v) is 3.90. The van der Waals surface area contributed by atoms with Crippen molar-refractivity contribution in [2.24, 2.45) is 11.3 Å². The topological polar surface area (TPSA) is 17.1 Å². The maximum absolute atomic E-state index is 10.2. The molecule has 0 aliphatic heterocycles. The summed E-state index contributed by atoms with van der Waals surface area (Å²) in [7, 11) is 0. The minimum absolute atomic E-state index is 0.169. The van der Waals surface area contributed by atoms with Gasteiger partial charge in [0.2, 0.25) is 0 Å². The molecule has 0 aliphatic carbocycles. The maximum Gasteiger partial charge on any atom is 0.120 e. The average Bonchev–Trinajstić information content (AvgIpc) is 1.87. The maximum atomic E-state index is 10.2. The molecule has 1 atom stereocenters. The van der Waals surface area contributed by atoms with Crippen LogP contribution in [0, 0.1) is 11.3 Å². The van der Waals surface area contributed by atoms with E-state index in [0.29, 0.717) is 12.3 Å². The number of hydrogen-bond acceptors (Lipinski definition) is 1. The van der Waals surface area contributed by atoms with E-state index in [4.69, 9.17) is 0 Å². The molecule has 1 unspecified atom stereocenters. The molecule has 1 nitrogen and oxygen atoms in total. The van der Waals surface area contributed by atoms with Gasteiger partial charge in [-0.05, 0) is 17.8 Å². The molecule has 0 amide bonds. The molecule has 0 aliphatic rings. The van der Waals surface area contributed by atoms with Crippen LogP contribution in [0.4, 0.5) is 0 Å². The van der Waals surface area contributed by atoms with Crippen molar-refractivity contribution in [3.05, 3.63) is 12.7 Å². The van der Waals surface area contributed by atoms with E-state index < -0.39 is 0 Å². The molecule has 0 heterocycles. The fourth-order valence-electron chi connectivity index (χ4n) is 1.23. The summed E-state index contributed by atoms with van der Waals surface area (Å²) in [5.41, 5.74) is 0.169. The van der Waals surface area contributed by atoms with E-state index in [0.717, 1.165) is 12.7 Å². The Morgan fingerprint density at radius 1 is 1.55 bits per heavy atom. The fourth-order valence-corrected chi connectivity index (χ4v) is 1.23. The molecule has 64 valence electrons. The quantitative estimate of drug-likeness (QED) is 0.439. The number of rotatable bonds is 5. The minimum atomic E-state index is 0.169. The minimum Gasteiger partial charge on any atom is -0.303 e. The van der Waals surface area contributed by atoms with Gasteiger partial charge >= 0.3 is 0 Å². The standard InChI is InChI=1S/C10H18O/c1-5-10(3,4)8-9(2)6-7-11/h5,7,9H,1,6,8H2,2-4H3. The highest BCUT2D eigenvalue weighted by atomic mass is 16.1. The Morgan fingerprint density at radius 3 is 2.45 bits per heavy atom. The van der Waals surface area contributed by atoms with Crippen molar-refractivity contribution in [3.8, 4) is 0 Å². The van der Waals surface area contributed by atoms with Crippen molar-refractivity contribution in [1.29, 1.82) is 0 Å². The lowest BCUT2D eigenvalue weighted by atomic mass is 9.83. The van der Waals surface area contributed by atoms with Crippen molar-refractivity contribution < 1.29 is 4.79 Å². The molecule has 0 N–H and O–H groups in total. The molecule has 0 aromatic carbocycles. The van der Waals surface area contributed by atoms with Crippen molar-refractivity contribution in [2.45, 2.75) is 33.6 Å². The van der Waals surface area contributed by atoms with Crippen LogP contribution in [0.5, 0.6) is 0 Å². The fraction of sp³-hybridized carbons (Fsp3) is 0.700. The molecule has 0 fully saturated rings. The summed E-state index contributed by atoms with van der Waals surface area (Å²) >= 11 is 0. The van der Waals surface area contributed by atoms with Gasteiger partial charge in [-0.3, -0.25) is 0 Å². The summed E-state index contributed by atoms with van der Waals surface area (Å²) in [5.74, 6) is 0.473. The van der Waals surface area contributed by atoms with Crippen LogP contribution in [0.15, 0.2) is 12.7 Å². The number of carbonyl (C=O) groups excluding carboxylic acids is 1. The van der Waals surface area contributed by atoms with Gasteiger partial charge in [0.1, 0.15) is 6.29 Å². The van der Waals surface area contributed by atoms with Crippen molar-refractivity contribution in [2.75, 3.05) is 0 Å². The van der Waals surface area contributed by atoms with Crippen LogP contribution in [-0.2, 0) is 4.79 Å². The Kier molecular flexibility index (Phi) is 4.09. The lowest BCUT2D eigenvalue weighted by Crippen LogP contribution is -2.12. The Balaban J connectivity index is 3.81. The molecular weight excluding hydrogens is 136 g/mol. The van der Waals surface area contributed by atoms with Gasteiger partial charge < -0.3 is 4.79 Å². The zero-order chi connectivity index (χ0) is 8.91. The van der Waals surface area contributed by atoms with Crippen molar-refractivity contribution in [1.82, 2.24) is 0 Å². The van der Waals surface area contributed by atoms with E-state index in [9.17, 15) is 4.79 Å². The van der Waals surface area contributed by atoms with E-state index >= 15 is 0 Å². The van der Waals surface area contributed by atoms with Crippen LogP contribution in [0.25, 0.3) is 0 Å². The Morgan fingerprint density at radius 2 is 2.09 bits per heavy atom. The molecule has 0 saturated heterocycles. The van der Waals surface area contributed by atoms with E-state index in [1.165, 1.54) is 0 Å². The summed E-state index contributed by atoms with van der Waals surface area (Å²) < 4.78 is 0. The largest absolute Gasteiger partial charge is 0.303 e. The normalized spacial score (nSPS) is 14.1. The first-order valence-corrected chi connectivity index (χ1v) is 4.09. The first-order valence-electron chi connectivity index (χ1n) is 4.09. The molecule has 0 radical (unpaired) electrons. The third kappa shape index (κ3) is 4.77. The molecule has 0 saturated carbocycles. The highest BCUT2D eigenvalue weighted by molar-refractivity contribution is 5.49. The predicted octanol–water partition coefficient (Wildman–Crippen LogP) is 2.81. The molecule has 0 aromatic rings. The lowest BCUT2D eigenvalue weighted by Gasteiger charge is -2.22. The van der Waals surface area contributed by atoms with E-state index in [-0.39, 0.29) is 5.41 Å². The number of allylic oxidation sites excluding steroid dienone is 1. The van der Waals surface area contributed by atoms with Crippen LogP contribution >= 0.6 is 0 Å². The number of hydrogen-bond donors (Lipinski definition) is 0. The summed E-state index contributed by atoms with van der Waals surface area (Å²) in [4.78, 5) is 10.2.